The number of fused-ring (bicyclic) bond motifs is 2. The molecule has 3 nitrogen and oxygen atoms in total. The van der Waals surface area contributed by atoms with Gasteiger partial charge < -0.3 is 15.0 Å². The Morgan fingerprint density at radius 3 is 2.68 bits per heavy atom. The van der Waals surface area contributed by atoms with Gasteiger partial charge in [-0.15, -0.1) is 0 Å². The summed E-state index contributed by atoms with van der Waals surface area (Å²) in [4.78, 5) is 2.50. The van der Waals surface area contributed by atoms with Crippen LogP contribution in [0.5, 0.6) is 5.75 Å². The molecule has 0 aromatic heterocycles. The first-order valence-corrected chi connectivity index (χ1v) is 7.98. The highest BCUT2D eigenvalue weighted by atomic mass is 16.5. The summed E-state index contributed by atoms with van der Waals surface area (Å²) < 4.78 is 5.26. The predicted molar refractivity (Wildman–Crippen MR) is 91.0 cm³/mol. The standard InChI is InChI=1S/C19H22N2O/c1-14-19(17-5-3-4-6-18(17)20-14)11-12-21(13-19)15-7-9-16(22-2)10-8-15/h3-10,14,20H,11-13H2,1-2H3/t14?,19-/m1/s1. The summed E-state index contributed by atoms with van der Waals surface area (Å²) in [6.45, 7) is 4.49. The third-order valence-electron chi connectivity index (χ3n) is 5.40. The van der Waals surface area contributed by atoms with Crippen molar-refractivity contribution >= 4 is 11.4 Å². The third-order valence-corrected chi connectivity index (χ3v) is 5.40. The van der Waals surface area contributed by atoms with Gasteiger partial charge in [-0.05, 0) is 49.2 Å². The van der Waals surface area contributed by atoms with E-state index in [1.54, 1.807) is 7.11 Å². The fourth-order valence-electron chi connectivity index (χ4n) is 4.07. The van der Waals surface area contributed by atoms with Gasteiger partial charge in [-0.2, -0.15) is 0 Å². The molecular weight excluding hydrogens is 272 g/mol. The summed E-state index contributed by atoms with van der Waals surface area (Å²) in [5, 5.41) is 3.67. The SMILES string of the molecule is COc1ccc(N2CC[C@]3(C2)c2ccccc2NC3C)cc1. The van der Waals surface area contributed by atoms with Gasteiger partial charge in [-0.1, -0.05) is 18.2 Å². The molecule has 0 bridgehead atoms. The molecule has 2 aliphatic heterocycles. The van der Waals surface area contributed by atoms with E-state index in [4.69, 9.17) is 4.74 Å². The van der Waals surface area contributed by atoms with Crippen molar-refractivity contribution in [2.24, 2.45) is 0 Å². The van der Waals surface area contributed by atoms with Gasteiger partial charge >= 0.3 is 0 Å². The van der Waals surface area contributed by atoms with E-state index in [0.717, 1.165) is 18.8 Å². The van der Waals surface area contributed by atoms with E-state index in [0.29, 0.717) is 6.04 Å². The molecule has 0 amide bonds. The van der Waals surface area contributed by atoms with Crippen LogP contribution in [0.4, 0.5) is 11.4 Å². The molecule has 1 fully saturated rings. The average Bonchev–Trinajstić information content (AvgIpc) is 3.12. The van der Waals surface area contributed by atoms with Crippen molar-refractivity contribution in [1.29, 1.82) is 0 Å². The second kappa shape index (κ2) is 4.94. The molecule has 2 aromatic carbocycles. The quantitative estimate of drug-likeness (QED) is 0.915. The number of anilines is 2. The second-order valence-electron chi connectivity index (χ2n) is 6.44. The zero-order valence-corrected chi connectivity index (χ0v) is 13.2. The van der Waals surface area contributed by atoms with E-state index in [2.05, 4.69) is 53.5 Å². The first kappa shape index (κ1) is 13.5. The summed E-state index contributed by atoms with van der Waals surface area (Å²) in [7, 11) is 1.71. The largest absolute Gasteiger partial charge is 0.497 e. The highest BCUT2D eigenvalue weighted by molar-refractivity contribution is 5.64. The lowest BCUT2D eigenvalue weighted by Gasteiger charge is -2.30. The number of nitrogens with zero attached hydrogens (tertiary/aromatic N) is 1. The molecule has 114 valence electrons. The average molecular weight is 294 g/mol. The second-order valence-corrected chi connectivity index (χ2v) is 6.44. The van der Waals surface area contributed by atoms with Crippen molar-refractivity contribution in [3.8, 4) is 5.75 Å². The van der Waals surface area contributed by atoms with Gasteiger partial charge in [0.05, 0.1) is 7.11 Å². The van der Waals surface area contributed by atoms with E-state index in [1.807, 2.05) is 12.1 Å². The number of ether oxygens (including phenoxy) is 1. The Labute approximate surface area is 131 Å². The van der Waals surface area contributed by atoms with Crippen molar-refractivity contribution in [1.82, 2.24) is 0 Å². The maximum Gasteiger partial charge on any atom is 0.119 e. The molecule has 0 aliphatic carbocycles. The lowest BCUT2D eigenvalue weighted by atomic mass is 9.76. The summed E-state index contributed by atoms with van der Waals surface area (Å²) in [6, 6.07) is 17.7. The van der Waals surface area contributed by atoms with Crippen LogP contribution in [0.15, 0.2) is 48.5 Å². The number of benzene rings is 2. The van der Waals surface area contributed by atoms with Crippen LogP contribution in [0, 0.1) is 0 Å². The van der Waals surface area contributed by atoms with Crippen LogP contribution in [0.1, 0.15) is 18.9 Å². The third kappa shape index (κ3) is 1.88. The van der Waals surface area contributed by atoms with Crippen LogP contribution in [-0.4, -0.2) is 26.2 Å². The normalized spacial score (nSPS) is 26.1. The number of para-hydroxylation sites is 1. The van der Waals surface area contributed by atoms with Crippen LogP contribution in [0.2, 0.25) is 0 Å². The lowest BCUT2D eigenvalue weighted by molar-refractivity contribution is 0.415. The zero-order chi connectivity index (χ0) is 15.2. The first-order valence-electron chi connectivity index (χ1n) is 7.98. The number of hydrogen-bond acceptors (Lipinski definition) is 3. The molecule has 1 unspecified atom stereocenters. The maximum atomic E-state index is 5.26. The molecule has 4 rings (SSSR count). The van der Waals surface area contributed by atoms with Crippen LogP contribution in [0.25, 0.3) is 0 Å². The van der Waals surface area contributed by atoms with E-state index >= 15 is 0 Å². The van der Waals surface area contributed by atoms with Gasteiger partial charge in [0.15, 0.2) is 0 Å². The molecule has 3 heteroatoms. The van der Waals surface area contributed by atoms with Crippen molar-refractivity contribution in [2.75, 3.05) is 30.4 Å². The monoisotopic (exact) mass is 294 g/mol. The predicted octanol–water partition coefficient (Wildman–Crippen LogP) is 3.66. The Bertz CT molecular complexity index is 682. The fourth-order valence-corrected chi connectivity index (χ4v) is 4.07. The molecule has 22 heavy (non-hydrogen) atoms. The minimum absolute atomic E-state index is 0.233. The van der Waals surface area contributed by atoms with Gasteiger partial charge in [0.2, 0.25) is 0 Å². The van der Waals surface area contributed by atoms with Gasteiger partial charge in [-0.25, -0.2) is 0 Å². The molecule has 1 saturated heterocycles. The molecule has 2 heterocycles. The van der Waals surface area contributed by atoms with Crippen molar-refractivity contribution in [2.45, 2.75) is 24.8 Å². The molecular formula is C19H22N2O. The molecule has 2 aliphatic rings. The van der Waals surface area contributed by atoms with Gasteiger partial charge in [-0.3, -0.25) is 0 Å². The Hall–Kier alpha value is -2.16. The molecule has 2 aromatic rings. The van der Waals surface area contributed by atoms with Gasteiger partial charge in [0.25, 0.3) is 0 Å². The van der Waals surface area contributed by atoms with E-state index < -0.39 is 0 Å². The molecule has 2 atom stereocenters. The lowest BCUT2D eigenvalue weighted by Crippen LogP contribution is -2.39. The van der Waals surface area contributed by atoms with Crippen molar-refractivity contribution in [3.05, 3.63) is 54.1 Å². The van der Waals surface area contributed by atoms with E-state index in [9.17, 15) is 0 Å². The zero-order valence-electron chi connectivity index (χ0n) is 13.2. The summed E-state index contributed by atoms with van der Waals surface area (Å²) in [5.74, 6) is 0.916. The van der Waals surface area contributed by atoms with E-state index in [1.165, 1.54) is 23.4 Å². The Morgan fingerprint density at radius 1 is 1.14 bits per heavy atom. The fraction of sp³-hybridized carbons (Fsp3) is 0.368. The highest BCUT2D eigenvalue weighted by Crippen LogP contribution is 2.47. The topological polar surface area (TPSA) is 24.5 Å². The van der Waals surface area contributed by atoms with Crippen molar-refractivity contribution in [3.63, 3.8) is 0 Å². The first-order chi connectivity index (χ1) is 10.7. The van der Waals surface area contributed by atoms with Crippen LogP contribution < -0.4 is 15.0 Å². The Morgan fingerprint density at radius 2 is 1.91 bits per heavy atom. The molecule has 1 N–H and O–H groups in total. The Balaban J connectivity index is 1.64. The summed E-state index contributed by atoms with van der Waals surface area (Å²) in [6.07, 6.45) is 1.20. The smallest absolute Gasteiger partial charge is 0.119 e. The maximum absolute atomic E-state index is 5.26. The Kier molecular flexibility index (Phi) is 3.03. The number of nitrogens with one attached hydrogen (secondary N) is 1. The summed E-state index contributed by atoms with van der Waals surface area (Å²) in [5.41, 5.74) is 4.32. The number of rotatable bonds is 2. The van der Waals surface area contributed by atoms with Crippen LogP contribution >= 0.6 is 0 Å². The molecule has 0 radical (unpaired) electrons. The summed E-state index contributed by atoms with van der Waals surface area (Å²) >= 11 is 0. The minimum Gasteiger partial charge on any atom is -0.497 e. The molecule has 1 spiro atoms. The van der Waals surface area contributed by atoms with Crippen LogP contribution in [0.3, 0.4) is 0 Å². The van der Waals surface area contributed by atoms with E-state index in [-0.39, 0.29) is 5.41 Å². The minimum atomic E-state index is 0.233. The van der Waals surface area contributed by atoms with Gasteiger partial charge in [0, 0.05) is 35.9 Å². The number of methoxy groups -OCH3 is 1. The van der Waals surface area contributed by atoms with Crippen molar-refractivity contribution < 1.29 is 4.74 Å². The number of hydrogen-bond donors (Lipinski definition) is 1. The van der Waals surface area contributed by atoms with Gasteiger partial charge in [0.1, 0.15) is 5.75 Å². The molecule has 0 saturated carbocycles. The highest BCUT2D eigenvalue weighted by Gasteiger charge is 2.48. The van der Waals surface area contributed by atoms with Crippen LogP contribution in [-0.2, 0) is 5.41 Å².